The van der Waals surface area contributed by atoms with Gasteiger partial charge in [-0.1, -0.05) is 11.6 Å². The van der Waals surface area contributed by atoms with Gasteiger partial charge in [0.2, 0.25) is 0 Å². The fraction of sp³-hybridized carbons (Fsp3) is 0. The van der Waals surface area contributed by atoms with E-state index >= 15 is 0 Å². The predicted molar refractivity (Wildman–Crippen MR) is 106 cm³/mol. The smallest absolute Gasteiger partial charge is 0.260 e. The highest BCUT2D eigenvalue weighted by Gasteiger charge is 2.10. The Balaban J connectivity index is 1.55. The molecule has 0 saturated carbocycles. The molecule has 0 radical (unpaired) electrons. The number of anilines is 1. The molecule has 2 heterocycles. The minimum Gasteiger partial charge on any atom is -0.260 e. The molecule has 1 N–H and O–H groups in total. The highest BCUT2D eigenvalue weighted by molar-refractivity contribution is 6.30. The first kappa shape index (κ1) is 17.6. The Morgan fingerprint density at radius 2 is 1.79 bits per heavy atom. The van der Waals surface area contributed by atoms with Crippen LogP contribution in [0.25, 0.3) is 17.0 Å². The van der Waals surface area contributed by atoms with Crippen molar-refractivity contribution in [3.05, 3.63) is 81.4 Å². The molecule has 0 saturated heterocycles. The van der Waals surface area contributed by atoms with Crippen LogP contribution in [-0.2, 0) is 0 Å². The van der Waals surface area contributed by atoms with Gasteiger partial charge in [-0.2, -0.15) is 9.62 Å². The Morgan fingerprint density at radius 3 is 2.50 bits per heavy atom. The molecule has 0 aliphatic rings. The molecule has 0 aliphatic heterocycles. The van der Waals surface area contributed by atoms with Crippen LogP contribution in [0.3, 0.4) is 0 Å². The normalized spacial score (nSPS) is 11.2. The highest BCUT2D eigenvalue weighted by atomic mass is 35.5. The lowest BCUT2D eigenvalue weighted by atomic mass is 10.2. The van der Waals surface area contributed by atoms with Crippen molar-refractivity contribution in [2.75, 3.05) is 5.43 Å². The second-order valence-electron chi connectivity index (χ2n) is 5.74. The lowest BCUT2D eigenvalue weighted by Crippen LogP contribution is -2.00. The lowest BCUT2D eigenvalue weighted by molar-refractivity contribution is -0.384. The molecule has 28 heavy (non-hydrogen) atoms. The number of non-ortho nitro benzene ring substituents is 1. The van der Waals surface area contributed by atoms with Crippen LogP contribution in [0.1, 0.15) is 5.56 Å². The first-order chi connectivity index (χ1) is 13.6. The fourth-order valence-corrected chi connectivity index (χ4v) is 2.61. The topological polar surface area (TPSA) is 111 Å². The molecule has 2 aromatic heterocycles. The van der Waals surface area contributed by atoms with Crippen LogP contribution in [0.5, 0.6) is 0 Å². The van der Waals surface area contributed by atoms with Crippen LogP contribution in [0.2, 0.25) is 5.02 Å². The van der Waals surface area contributed by atoms with E-state index in [4.69, 9.17) is 11.6 Å². The highest BCUT2D eigenvalue weighted by Crippen LogP contribution is 2.20. The van der Waals surface area contributed by atoms with Gasteiger partial charge in [0, 0.05) is 22.7 Å². The van der Waals surface area contributed by atoms with Crippen molar-refractivity contribution in [3.63, 3.8) is 0 Å². The van der Waals surface area contributed by atoms with E-state index in [1.165, 1.54) is 12.1 Å². The summed E-state index contributed by atoms with van der Waals surface area (Å²) >= 11 is 5.93. The zero-order chi connectivity index (χ0) is 19.5. The first-order valence-corrected chi connectivity index (χ1v) is 8.50. The number of hydrazone groups is 1. The second kappa shape index (κ2) is 7.41. The van der Waals surface area contributed by atoms with E-state index in [0.29, 0.717) is 27.9 Å². The van der Waals surface area contributed by atoms with Gasteiger partial charge in [0.05, 0.1) is 11.1 Å². The third-order valence-corrected chi connectivity index (χ3v) is 4.11. The summed E-state index contributed by atoms with van der Waals surface area (Å²) in [4.78, 5) is 10.2. The molecule has 0 aliphatic carbocycles. The molecular formula is C18H12ClN7O2. The van der Waals surface area contributed by atoms with Gasteiger partial charge in [-0.25, -0.2) is 0 Å². The Kier molecular flexibility index (Phi) is 4.65. The molecule has 138 valence electrons. The van der Waals surface area contributed by atoms with Gasteiger partial charge in [0.25, 0.3) is 5.69 Å². The number of aromatic nitrogens is 4. The number of nitro groups is 1. The summed E-state index contributed by atoms with van der Waals surface area (Å²) in [6.45, 7) is 0. The van der Waals surface area contributed by atoms with Crippen LogP contribution < -0.4 is 5.43 Å². The Labute approximate surface area is 163 Å². The van der Waals surface area contributed by atoms with E-state index < -0.39 is 4.92 Å². The largest absolute Gasteiger partial charge is 0.269 e. The van der Waals surface area contributed by atoms with Gasteiger partial charge in [-0.15, -0.1) is 15.3 Å². The number of hydrogen-bond donors (Lipinski definition) is 1. The van der Waals surface area contributed by atoms with Crippen LogP contribution in [0.15, 0.2) is 65.8 Å². The molecule has 4 rings (SSSR count). The fourth-order valence-electron chi connectivity index (χ4n) is 2.48. The molecule has 4 aromatic rings. The third kappa shape index (κ3) is 3.64. The summed E-state index contributed by atoms with van der Waals surface area (Å²) in [5, 5.41) is 28.1. The maximum Gasteiger partial charge on any atom is 0.269 e. The molecule has 0 fully saturated rings. The summed E-state index contributed by atoms with van der Waals surface area (Å²) in [5.41, 5.74) is 4.99. The molecule has 0 atom stereocenters. The van der Waals surface area contributed by atoms with Gasteiger partial charge >= 0.3 is 0 Å². The van der Waals surface area contributed by atoms with Crippen LogP contribution >= 0.6 is 11.6 Å². The molecule has 0 amide bonds. The number of nitrogens with zero attached hydrogens (tertiary/aromatic N) is 6. The molecule has 0 spiro atoms. The molecule has 10 heteroatoms. The zero-order valence-corrected chi connectivity index (χ0v) is 15.0. The van der Waals surface area contributed by atoms with Crippen molar-refractivity contribution >= 4 is 35.0 Å². The van der Waals surface area contributed by atoms with Crippen LogP contribution in [0, 0.1) is 10.1 Å². The molecule has 2 aromatic carbocycles. The average Bonchev–Trinajstić information content (AvgIpc) is 3.12. The van der Waals surface area contributed by atoms with E-state index in [1.807, 2.05) is 12.1 Å². The maximum absolute atomic E-state index is 10.7. The summed E-state index contributed by atoms with van der Waals surface area (Å²) in [6.07, 6.45) is 1.54. The van der Waals surface area contributed by atoms with E-state index in [9.17, 15) is 10.1 Å². The van der Waals surface area contributed by atoms with E-state index in [2.05, 4.69) is 25.8 Å². The SMILES string of the molecule is O=[N+]([O-])c1ccc(C=NNc2ccc3nnc(-c4ccc(Cl)cc4)n3n2)cc1. The number of benzene rings is 2. The van der Waals surface area contributed by atoms with Crippen molar-refractivity contribution < 1.29 is 4.92 Å². The van der Waals surface area contributed by atoms with Crippen molar-refractivity contribution in [2.24, 2.45) is 5.10 Å². The number of fused-ring (bicyclic) bond motifs is 1. The quantitative estimate of drug-likeness (QED) is 0.313. The van der Waals surface area contributed by atoms with Gasteiger partial charge in [-0.05, 0) is 54.1 Å². The minimum atomic E-state index is -0.449. The molecular weight excluding hydrogens is 382 g/mol. The Morgan fingerprint density at radius 1 is 1.04 bits per heavy atom. The third-order valence-electron chi connectivity index (χ3n) is 3.86. The number of hydrogen-bond acceptors (Lipinski definition) is 7. The van der Waals surface area contributed by atoms with Crippen LogP contribution in [0.4, 0.5) is 11.5 Å². The number of halogens is 1. The van der Waals surface area contributed by atoms with Crippen molar-refractivity contribution in [2.45, 2.75) is 0 Å². The van der Waals surface area contributed by atoms with Gasteiger partial charge in [-0.3, -0.25) is 15.5 Å². The maximum atomic E-state index is 10.7. The number of nitro benzene ring substituents is 1. The summed E-state index contributed by atoms with van der Waals surface area (Å²) < 4.78 is 1.60. The summed E-state index contributed by atoms with van der Waals surface area (Å²) in [6, 6.07) is 16.8. The number of rotatable bonds is 5. The van der Waals surface area contributed by atoms with Crippen molar-refractivity contribution in [3.8, 4) is 11.4 Å². The molecule has 0 bridgehead atoms. The van der Waals surface area contributed by atoms with Crippen LogP contribution in [-0.4, -0.2) is 30.9 Å². The average molecular weight is 394 g/mol. The molecule has 9 nitrogen and oxygen atoms in total. The van der Waals surface area contributed by atoms with Gasteiger partial charge in [0.15, 0.2) is 17.3 Å². The molecule has 0 unspecified atom stereocenters. The van der Waals surface area contributed by atoms with E-state index in [0.717, 1.165) is 5.56 Å². The second-order valence-corrected chi connectivity index (χ2v) is 6.17. The summed E-state index contributed by atoms with van der Waals surface area (Å²) in [5.74, 6) is 1.07. The predicted octanol–water partition coefficient (Wildman–Crippen LogP) is 3.80. The monoisotopic (exact) mass is 393 g/mol. The lowest BCUT2D eigenvalue weighted by Gasteiger charge is -2.02. The minimum absolute atomic E-state index is 0.0274. The van der Waals surface area contributed by atoms with Crippen molar-refractivity contribution in [1.29, 1.82) is 0 Å². The van der Waals surface area contributed by atoms with Crippen molar-refractivity contribution in [1.82, 2.24) is 19.8 Å². The summed E-state index contributed by atoms with van der Waals surface area (Å²) in [7, 11) is 0. The Hall–Kier alpha value is -3.85. The van der Waals surface area contributed by atoms with E-state index in [-0.39, 0.29) is 5.69 Å². The standard InChI is InChI=1S/C18H12ClN7O2/c19-14-5-3-13(4-6-14)18-23-22-17-10-9-16(24-25(17)18)21-20-11-12-1-7-15(8-2-12)26(27)28/h1-11H,(H,21,24). The Bertz CT molecular complexity index is 1170. The van der Waals surface area contributed by atoms with E-state index in [1.54, 1.807) is 47.1 Å². The zero-order valence-electron chi connectivity index (χ0n) is 14.2. The number of nitrogens with one attached hydrogen (secondary N) is 1. The van der Waals surface area contributed by atoms with Gasteiger partial charge < -0.3 is 0 Å². The van der Waals surface area contributed by atoms with Gasteiger partial charge in [0.1, 0.15) is 0 Å². The first-order valence-electron chi connectivity index (χ1n) is 8.12.